The molecule has 1 rings (SSSR count). The lowest BCUT2D eigenvalue weighted by Gasteiger charge is -2.03. The van der Waals surface area contributed by atoms with Crippen molar-refractivity contribution in [2.45, 2.75) is 12.0 Å². The van der Waals surface area contributed by atoms with Crippen LogP contribution in [0.5, 0.6) is 0 Å². The second-order valence-corrected chi connectivity index (χ2v) is 2.31. The highest BCUT2D eigenvalue weighted by molar-refractivity contribution is 6.22. The van der Waals surface area contributed by atoms with Gasteiger partial charge in [0.05, 0.1) is 0 Å². The third-order valence-corrected chi connectivity index (χ3v) is 0.745. The van der Waals surface area contributed by atoms with Crippen molar-refractivity contribution in [3.05, 3.63) is 0 Å². The molecule has 0 aliphatic carbocycles. The molecule has 0 radical (unpaired) electrons. The summed E-state index contributed by atoms with van der Waals surface area (Å²) in [5, 5.41) is 3.25. The molecular weight excluding hydrogens is 119 g/mol. The molecule has 1 unspecified atom stereocenters. The Morgan fingerprint density at radius 1 is 1.71 bits per heavy atom. The molecule has 1 aliphatic heterocycles. The maximum absolute atomic E-state index is 5.50. The minimum atomic E-state index is -0.778. The fourth-order valence-electron chi connectivity index (χ4n) is 0.248. The van der Waals surface area contributed by atoms with E-state index in [2.05, 4.69) is 14.8 Å². The van der Waals surface area contributed by atoms with Gasteiger partial charge in [0.2, 0.25) is 5.06 Å². The van der Waals surface area contributed by atoms with E-state index >= 15 is 0 Å². The summed E-state index contributed by atoms with van der Waals surface area (Å²) in [4.78, 5) is 8.69. The first-order valence-electron chi connectivity index (χ1n) is 1.87. The van der Waals surface area contributed by atoms with Crippen molar-refractivity contribution in [2.24, 2.45) is 0 Å². The molecule has 1 saturated heterocycles. The Kier molecular flexibility index (Phi) is 1.21. The fourth-order valence-corrected chi connectivity index (χ4v) is 0.319. The van der Waals surface area contributed by atoms with Gasteiger partial charge in [-0.05, 0) is 6.92 Å². The van der Waals surface area contributed by atoms with Gasteiger partial charge in [-0.25, -0.2) is 4.89 Å². The van der Waals surface area contributed by atoms with Crippen LogP contribution in [0.1, 0.15) is 6.92 Å². The highest BCUT2D eigenvalue weighted by Crippen LogP contribution is 2.22. The van der Waals surface area contributed by atoms with E-state index in [-0.39, 0.29) is 6.61 Å². The molecule has 4 heteroatoms. The molecule has 0 aromatic carbocycles. The monoisotopic (exact) mass is 124 g/mol. The highest BCUT2D eigenvalue weighted by atomic mass is 35.5. The fraction of sp³-hybridized carbons (Fsp3) is 1.00. The maximum Gasteiger partial charge on any atom is 0.203 e. The van der Waals surface area contributed by atoms with Gasteiger partial charge in [-0.3, -0.25) is 0 Å². The van der Waals surface area contributed by atoms with Crippen molar-refractivity contribution in [3.8, 4) is 0 Å². The topological polar surface area (TPSA) is 27.7 Å². The number of halogens is 1. The molecule has 0 N–H and O–H groups in total. The lowest BCUT2D eigenvalue weighted by molar-refractivity contribution is -0.462. The molecule has 42 valence electrons. The van der Waals surface area contributed by atoms with Crippen LogP contribution in [0.4, 0.5) is 0 Å². The average molecular weight is 125 g/mol. The summed E-state index contributed by atoms with van der Waals surface area (Å²) in [6, 6.07) is 0. The standard InChI is InChI=1S/C3H5ClO3/c1-3(4)2-5-7-6-3/h2H2,1H3. The molecule has 1 fully saturated rings. The largest absolute Gasteiger partial charge is 0.203 e. The molecule has 1 aliphatic rings. The zero-order valence-electron chi connectivity index (χ0n) is 3.81. The van der Waals surface area contributed by atoms with Crippen molar-refractivity contribution in [1.82, 2.24) is 0 Å². The van der Waals surface area contributed by atoms with E-state index in [1.807, 2.05) is 0 Å². The van der Waals surface area contributed by atoms with E-state index in [9.17, 15) is 0 Å². The van der Waals surface area contributed by atoms with E-state index in [0.29, 0.717) is 0 Å². The van der Waals surface area contributed by atoms with Crippen molar-refractivity contribution in [3.63, 3.8) is 0 Å². The molecule has 1 atom stereocenters. The molecule has 0 spiro atoms. The Bertz CT molecular complexity index is 64.6. The van der Waals surface area contributed by atoms with Crippen molar-refractivity contribution in [2.75, 3.05) is 6.61 Å². The first-order chi connectivity index (χ1) is 3.21. The van der Waals surface area contributed by atoms with Crippen LogP contribution in [0.25, 0.3) is 0 Å². The summed E-state index contributed by atoms with van der Waals surface area (Å²) in [6.45, 7) is 1.93. The lowest BCUT2D eigenvalue weighted by Crippen LogP contribution is -2.16. The third kappa shape index (κ3) is 1.28. The van der Waals surface area contributed by atoms with Crippen LogP contribution in [-0.4, -0.2) is 11.7 Å². The summed E-state index contributed by atoms with van der Waals surface area (Å²) in [6.07, 6.45) is 0. The second-order valence-electron chi connectivity index (χ2n) is 1.52. The van der Waals surface area contributed by atoms with Gasteiger partial charge < -0.3 is 0 Å². The minimum absolute atomic E-state index is 0.272. The SMILES string of the molecule is CC1(Cl)COOO1. The van der Waals surface area contributed by atoms with Gasteiger partial charge in [0.25, 0.3) is 0 Å². The van der Waals surface area contributed by atoms with Crippen molar-refractivity contribution >= 4 is 11.6 Å². The van der Waals surface area contributed by atoms with E-state index in [0.717, 1.165) is 0 Å². The van der Waals surface area contributed by atoms with Gasteiger partial charge in [0.15, 0.2) is 0 Å². The zero-order chi connectivity index (χ0) is 5.33. The molecule has 0 bridgehead atoms. The summed E-state index contributed by atoms with van der Waals surface area (Å²) in [7, 11) is 0. The molecule has 7 heavy (non-hydrogen) atoms. The normalized spacial score (nSPS) is 42.0. The Balaban J connectivity index is 2.40. The van der Waals surface area contributed by atoms with Gasteiger partial charge in [-0.15, -0.1) is 0 Å². The summed E-state index contributed by atoms with van der Waals surface area (Å²) < 4.78 is 0. The van der Waals surface area contributed by atoms with E-state index in [1.165, 1.54) is 0 Å². The van der Waals surface area contributed by atoms with Crippen LogP contribution in [0.3, 0.4) is 0 Å². The van der Waals surface area contributed by atoms with Crippen LogP contribution in [0.2, 0.25) is 0 Å². The summed E-state index contributed by atoms with van der Waals surface area (Å²) in [5.41, 5.74) is 0. The van der Waals surface area contributed by atoms with Crippen LogP contribution >= 0.6 is 11.6 Å². The first kappa shape index (κ1) is 5.31. The number of alkyl halides is 1. The summed E-state index contributed by atoms with van der Waals surface area (Å²) in [5.74, 6) is 0. The number of rotatable bonds is 0. The van der Waals surface area contributed by atoms with E-state index in [4.69, 9.17) is 11.6 Å². The summed E-state index contributed by atoms with van der Waals surface area (Å²) >= 11 is 5.50. The van der Waals surface area contributed by atoms with E-state index in [1.54, 1.807) is 6.92 Å². The van der Waals surface area contributed by atoms with Gasteiger partial charge >= 0.3 is 0 Å². The predicted molar refractivity (Wildman–Crippen MR) is 22.4 cm³/mol. The molecule has 0 amide bonds. The number of hydrogen-bond donors (Lipinski definition) is 0. The second kappa shape index (κ2) is 1.59. The molecule has 1 heterocycles. The van der Waals surface area contributed by atoms with Crippen molar-refractivity contribution in [1.29, 1.82) is 0 Å². The van der Waals surface area contributed by atoms with Crippen LogP contribution in [-0.2, 0) is 14.8 Å². The lowest BCUT2D eigenvalue weighted by atomic mass is 10.4. The van der Waals surface area contributed by atoms with Crippen molar-refractivity contribution < 1.29 is 14.8 Å². The van der Waals surface area contributed by atoms with Crippen LogP contribution in [0, 0.1) is 0 Å². The van der Waals surface area contributed by atoms with E-state index < -0.39 is 5.06 Å². The Labute approximate surface area is 46.0 Å². The molecule has 3 nitrogen and oxygen atoms in total. The Hall–Kier alpha value is 0.170. The molecule has 0 saturated carbocycles. The number of hydrogen-bond acceptors (Lipinski definition) is 3. The average Bonchev–Trinajstić information content (AvgIpc) is 1.84. The van der Waals surface area contributed by atoms with Gasteiger partial charge in [0, 0.05) is 0 Å². The molecule has 0 aromatic heterocycles. The highest BCUT2D eigenvalue weighted by Gasteiger charge is 2.30. The van der Waals surface area contributed by atoms with Gasteiger partial charge in [-0.1, -0.05) is 16.6 Å². The Morgan fingerprint density at radius 3 is 2.57 bits per heavy atom. The molecule has 0 aromatic rings. The Morgan fingerprint density at radius 2 is 2.43 bits per heavy atom. The van der Waals surface area contributed by atoms with Crippen LogP contribution in [0.15, 0.2) is 0 Å². The first-order valence-corrected chi connectivity index (χ1v) is 2.25. The minimum Gasteiger partial charge on any atom is -0.202 e. The van der Waals surface area contributed by atoms with Gasteiger partial charge in [-0.2, -0.15) is 4.89 Å². The predicted octanol–water partition coefficient (Wildman–Crippen LogP) is 0.835. The van der Waals surface area contributed by atoms with Gasteiger partial charge in [0.1, 0.15) is 6.61 Å². The van der Waals surface area contributed by atoms with Crippen LogP contribution < -0.4 is 0 Å². The smallest absolute Gasteiger partial charge is 0.202 e. The zero-order valence-corrected chi connectivity index (χ0v) is 4.57. The maximum atomic E-state index is 5.50. The third-order valence-electron chi connectivity index (χ3n) is 0.573. The molecular formula is C3H5ClO3. The quantitative estimate of drug-likeness (QED) is 0.354.